The van der Waals surface area contributed by atoms with Gasteiger partial charge in [0.1, 0.15) is 0 Å². The molecule has 0 aromatic heterocycles. The molecule has 0 bridgehead atoms. The van der Waals surface area contributed by atoms with E-state index in [9.17, 15) is 4.79 Å². The van der Waals surface area contributed by atoms with Gasteiger partial charge in [0.2, 0.25) is 5.91 Å². The molecule has 0 aliphatic carbocycles. The number of hydrogen-bond acceptors (Lipinski definition) is 3. The highest BCUT2D eigenvalue weighted by Crippen LogP contribution is 2.17. The molecular weight excluding hydrogens is 276 g/mol. The highest BCUT2D eigenvalue weighted by Gasteiger charge is 2.31. The summed E-state index contributed by atoms with van der Waals surface area (Å²) in [7, 11) is 0. The fourth-order valence-electron chi connectivity index (χ4n) is 2.39. The Balaban J connectivity index is 0.00000200. The minimum Gasteiger partial charge on any atom is -0.372 e. The third-order valence-corrected chi connectivity index (χ3v) is 3.35. The van der Waals surface area contributed by atoms with Gasteiger partial charge in [0.15, 0.2) is 0 Å². The van der Waals surface area contributed by atoms with Crippen molar-refractivity contribution < 1.29 is 9.53 Å². The van der Waals surface area contributed by atoms with Crippen LogP contribution in [0.25, 0.3) is 0 Å². The second kappa shape index (κ2) is 7.07. The van der Waals surface area contributed by atoms with E-state index >= 15 is 0 Å². The molecule has 2 rings (SSSR count). The maximum Gasteiger partial charge on any atom is 0.240 e. The van der Waals surface area contributed by atoms with Crippen LogP contribution in [0.15, 0.2) is 30.3 Å². The summed E-state index contributed by atoms with van der Waals surface area (Å²) >= 11 is 0. The minimum atomic E-state index is -0.476. The van der Waals surface area contributed by atoms with Crippen molar-refractivity contribution in [3.05, 3.63) is 35.9 Å². The van der Waals surface area contributed by atoms with Gasteiger partial charge in [0.05, 0.1) is 18.2 Å². The van der Waals surface area contributed by atoms with Gasteiger partial charge in [-0.2, -0.15) is 0 Å². The van der Waals surface area contributed by atoms with Gasteiger partial charge in [0.25, 0.3) is 0 Å². The lowest BCUT2D eigenvalue weighted by Gasteiger charge is -2.39. The molecule has 1 heterocycles. The van der Waals surface area contributed by atoms with Crippen molar-refractivity contribution in [1.82, 2.24) is 4.90 Å². The molecule has 1 fully saturated rings. The van der Waals surface area contributed by atoms with Gasteiger partial charge in [-0.05, 0) is 25.8 Å². The summed E-state index contributed by atoms with van der Waals surface area (Å²) in [5, 5.41) is 0. The Morgan fingerprint density at radius 2 is 2.05 bits per heavy atom. The predicted molar refractivity (Wildman–Crippen MR) is 82.0 cm³/mol. The second-order valence-corrected chi connectivity index (χ2v) is 5.66. The van der Waals surface area contributed by atoms with E-state index in [1.165, 1.54) is 0 Å². The third kappa shape index (κ3) is 4.47. The first-order valence-electron chi connectivity index (χ1n) is 6.70. The van der Waals surface area contributed by atoms with Gasteiger partial charge in [-0.15, -0.1) is 12.4 Å². The lowest BCUT2D eigenvalue weighted by atomic mass is 10.0. The monoisotopic (exact) mass is 298 g/mol. The van der Waals surface area contributed by atoms with Crippen LogP contribution in [-0.4, -0.2) is 42.1 Å². The molecule has 1 saturated heterocycles. The van der Waals surface area contributed by atoms with Crippen molar-refractivity contribution in [2.45, 2.75) is 31.9 Å². The predicted octanol–water partition coefficient (Wildman–Crippen LogP) is 1.62. The average molecular weight is 299 g/mol. The van der Waals surface area contributed by atoms with Crippen LogP contribution in [-0.2, 0) is 16.0 Å². The molecular formula is C15H23ClN2O2. The average Bonchev–Trinajstić information content (AvgIpc) is 2.38. The number of ether oxygens (including phenoxy) is 1. The van der Waals surface area contributed by atoms with Crippen LogP contribution in [0.3, 0.4) is 0 Å². The molecule has 1 aliphatic heterocycles. The normalized spacial score (nSPS) is 19.1. The van der Waals surface area contributed by atoms with Crippen LogP contribution < -0.4 is 5.73 Å². The number of nitrogens with two attached hydrogens (primary N) is 1. The number of hydrogen-bond donors (Lipinski definition) is 1. The number of benzene rings is 1. The summed E-state index contributed by atoms with van der Waals surface area (Å²) in [6, 6.07) is 9.40. The topological polar surface area (TPSA) is 55.6 Å². The second-order valence-electron chi connectivity index (χ2n) is 5.66. The van der Waals surface area contributed by atoms with Crippen molar-refractivity contribution in [1.29, 1.82) is 0 Å². The van der Waals surface area contributed by atoms with E-state index in [2.05, 4.69) is 0 Å². The van der Waals surface area contributed by atoms with Gasteiger partial charge in [-0.1, -0.05) is 30.3 Å². The van der Waals surface area contributed by atoms with E-state index in [1.54, 1.807) is 0 Å². The first-order chi connectivity index (χ1) is 8.98. The van der Waals surface area contributed by atoms with Gasteiger partial charge < -0.3 is 15.4 Å². The SMILES string of the molecule is CC1(C)CN(C(=O)[C@@H](N)Cc2ccccc2)CCO1.Cl. The largest absolute Gasteiger partial charge is 0.372 e. The first-order valence-corrected chi connectivity index (χ1v) is 6.70. The van der Waals surface area contributed by atoms with E-state index in [0.717, 1.165) is 5.56 Å². The van der Waals surface area contributed by atoms with Crippen molar-refractivity contribution in [2.75, 3.05) is 19.7 Å². The van der Waals surface area contributed by atoms with Crippen LogP contribution in [0.2, 0.25) is 0 Å². The molecule has 0 radical (unpaired) electrons. The van der Waals surface area contributed by atoms with Crippen molar-refractivity contribution in [3.8, 4) is 0 Å². The highest BCUT2D eigenvalue weighted by atomic mass is 35.5. The molecule has 1 aromatic rings. The van der Waals surface area contributed by atoms with Crippen LogP contribution in [0, 0.1) is 0 Å². The Labute approximate surface area is 126 Å². The Morgan fingerprint density at radius 1 is 1.40 bits per heavy atom. The van der Waals surface area contributed by atoms with Crippen molar-refractivity contribution >= 4 is 18.3 Å². The molecule has 20 heavy (non-hydrogen) atoms. The maximum atomic E-state index is 12.3. The smallest absolute Gasteiger partial charge is 0.240 e. The molecule has 1 aliphatic rings. The van der Waals surface area contributed by atoms with Crippen LogP contribution in [0.5, 0.6) is 0 Å². The molecule has 1 amide bonds. The Morgan fingerprint density at radius 3 is 2.65 bits per heavy atom. The van der Waals surface area contributed by atoms with E-state index < -0.39 is 6.04 Å². The van der Waals surface area contributed by atoms with Gasteiger partial charge in [0, 0.05) is 13.1 Å². The number of rotatable bonds is 3. The Bertz CT molecular complexity index is 437. The van der Waals surface area contributed by atoms with E-state index in [-0.39, 0.29) is 23.9 Å². The number of nitrogens with zero attached hydrogens (tertiary/aromatic N) is 1. The van der Waals surface area contributed by atoms with E-state index in [1.807, 2.05) is 49.1 Å². The quantitative estimate of drug-likeness (QED) is 0.922. The lowest BCUT2D eigenvalue weighted by Crippen LogP contribution is -2.55. The van der Waals surface area contributed by atoms with E-state index in [4.69, 9.17) is 10.5 Å². The molecule has 2 N–H and O–H groups in total. The Hall–Kier alpha value is -1.10. The third-order valence-electron chi connectivity index (χ3n) is 3.35. The van der Waals surface area contributed by atoms with E-state index in [0.29, 0.717) is 26.1 Å². The van der Waals surface area contributed by atoms with Crippen LogP contribution >= 0.6 is 12.4 Å². The van der Waals surface area contributed by atoms with Crippen LogP contribution in [0.4, 0.5) is 0 Å². The Kier molecular flexibility index (Phi) is 5.99. The molecule has 112 valence electrons. The summed E-state index contributed by atoms with van der Waals surface area (Å²) in [6.45, 7) is 5.81. The summed E-state index contributed by atoms with van der Waals surface area (Å²) in [5.41, 5.74) is 6.85. The first kappa shape index (κ1) is 17.0. The minimum absolute atomic E-state index is 0. The highest BCUT2D eigenvalue weighted by molar-refractivity contribution is 5.85. The maximum absolute atomic E-state index is 12.3. The zero-order valence-electron chi connectivity index (χ0n) is 12.0. The van der Waals surface area contributed by atoms with Gasteiger partial charge in [-0.25, -0.2) is 0 Å². The zero-order chi connectivity index (χ0) is 13.9. The molecule has 0 saturated carbocycles. The zero-order valence-corrected chi connectivity index (χ0v) is 12.9. The summed E-state index contributed by atoms with van der Waals surface area (Å²) in [4.78, 5) is 14.2. The summed E-state index contributed by atoms with van der Waals surface area (Å²) in [6.07, 6.45) is 0.581. The molecule has 5 heteroatoms. The molecule has 4 nitrogen and oxygen atoms in total. The van der Waals surface area contributed by atoms with Crippen molar-refractivity contribution in [3.63, 3.8) is 0 Å². The standard InChI is InChI=1S/C15H22N2O2.ClH/c1-15(2)11-17(8-9-19-15)14(18)13(16)10-12-6-4-3-5-7-12;/h3-7,13H,8-11,16H2,1-2H3;1H/t13-;/m0./s1. The fraction of sp³-hybridized carbons (Fsp3) is 0.533. The number of halogens is 1. The van der Waals surface area contributed by atoms with Gasteiger partial charge >= 0.3 is 0 Å². The number of carbonyl (C=O) groups excluding carboxylic acids is 1. The van der Waals surface area contributed by atoms with Crippen LogP contribution in [0.1, 0.15) is 19.4 Å². The molecule has 0 unspecified atom stereocenters. The fourth-order valence-corrected chi connectivity index (χ4v) is 2.39. The lowest BCUT2D eigenvalue weighted by molar-refractivity contribution is -0.147. The molecule has 1 atom stereocenters. The number of amides is 1. The van der Waals surface area contributed by atoms with Gasteiger partial charge in [-0.3, -0.25) is 4.79 Å². The summed E-state index contributed by atoms with van der Waals surface area (Å²) < 4.78 is 5.61. The van der Waals surface area contributed by atoms with Crippen molar-refractivity contribution in [2.24, 2.45) is 5.73 Å². The number of carbonyl (C=O) groups is 1. The molecule has 1 aromatic carbocycles. The summed E-state index contributed by atoms with van der Waals surface area (Å²) in [5.74, 6) is 0.0141. The number of morpholine rings is 1. The molecule has 0 spiro atoms.